The molecule has 4 aromatic rings. The first kappa shape index (κ1) is 24.4. The average molecular weight is 510 g/mol. The fourth-order valence-electron chi connectivity index (χ4n) is 3.47. The highest BCUT2D eigenvalue weighted by Crippen LogP contribution is 2.22. The van der Waals surface area contributed by atoms with Crippen LogP contribution < -0.4 is 9.11 Å². The number of carbonyl (C=O) groups excluding carboxylic acids is 2. The molecular formula is C25H23N3O5S2. The first-order chi connectivity index (χ1) is 16.7. The third-order valence-corrected chi connectivity index (χ3v) is 8.27. The number of aryl methyl sites for hydroxylation is 1. The van der Waals surface area contributed by atoms with Gasteiger partial charge in [0.2, 0.25) is 0 Å². The maximum absolute atomic E-state index is 13.0. The Kier molecular flexibility index (Phi) is 6.86. The van der Waals surface area contributed by atoms with E-state index in [2.05, 4.69) is 4.99 Å². The van der Waals surface area contributed by atoms with Gasteiger partial charge in [0.05, 0.1) is 27.9 Å². The Morgan fingerprint density at radius 1 is 1.03 bits per heavy atom. The maximum atomic E-state index is 13.0. The molecule has 0 radical (unpaired) electrons. The molecule has 0 N–H and O–H groups in total. The Hall–Kier alpha value is -3.76. The molecule has 180 valence electrons. The van der Waals surface area contributed by atoms with Crippen molar-refractivity contribution in [3.63, 3.8) is 0 Å². The number of anilines is 1. The van der Waals surface area contributed by atoms with Crippen molar-refractivity contribution in [3.05, 3.63) is 88.7 Å². The molecule has 1 amide bonds. The molecule has 0 unspecified atom stereocenters. The molecule has 0 aliphatic carbocycles. The molecule has 35 heavy (non-hydrogen) atoms. The summed E-state index contributed by atoms with van der Waals surface area (Å²) in [5, 5.41) is 0. The molecule has 1 aromatic heterocycles. The van der Waals surface area contributed by atoms with E-state index < -0.39 is 21.9 Å². The zero-order valence-corrected chi connectivity index (χ0v) is 21.0. The summed E-state index contributed by atoms with van der Waals surface area (Å²) in [6.07, 6.45) is 0. The van der Waals surface area contributed by atoms with Gasteiger partial charge in [0, 0.05) is 12.6 Å². The SMILES string of the molecule is COC(=O)Cn1c(=NC(=O)c2ccc(S(=O)(=O)N(C)c3ccccc3)cc2)sc2cc(C)ccc21. The monoisotopic (exact) mass is 509 g/mol. The lowest BCUT2D eigenvalue weighted by molar-refractivity contribution is -0.141. The van der Waals surface area contributed by atoms with Gasteiger partial charge >= 0.3 is 5.97 Å². The van der Waals surface area contributed by atoms with Gasteiger partial charge < -0.3 is 9.30 Å². The minimum atomic E-state index is -3.80. The normalized spacial score (nSPS) is 12.0. The van der Waals surface area contributed by atoms with Crippen molar-refractivity contribution >= 4 is 49.1 Å². The summed E-state index contributed by atoms with van der Waals surface area (Å²) < 4.78 is 34.5. The molecule has 10 heteroatoms. The van der Waals surface area contributed by atoms with Crippen LogP contribution in [0, 0.1) is 6.92 Å². The van der Waals surface area contributed by atoms with Crippen LogP contribution in [0.1, 0.15) is 15.9 Å². The highest BCUT2D eigenvalue weighted by Gasteiger charge is 2.21. The molecule has 3 aromatic carbocycles. The number of carbonyl (C=O) groups is 2. The summed E-state index contributed by atoms with van der Waals surface area (Å²) in [4.78, 5) is 29.5. The number of sulfonamides is 1. The highest BCUT2D eigenvalue weighted by molar-refractivity contribution is 7.92. The van der Waals surface area contributed by atoms with Gasteiger partial charge in [-0.1, -0.05) is 35.6 Å². The molecule has 8 nitrogen and oxygen atoms in total. The van der Waals surface area contributed by atoms with E-state index in [1.54, 1.807) is 34.9 Å². The van der Waals surface area contributed by atoms with Crippen LogP contribution in [-0.4, -0.2) is 39.0 Å². The van der Waals surface area contributed by atoms with Gasteiger partial charge in [-0.05, 0) is 61.0 Å². The fraction of sp³-hybridized carbons (Fsp3) is 0.160. The maximum Gasteiger partial charge on any atom is 0.325 e. The number of para-hydroxylation sites is 1. The number of hydrogen-bond donors (Lipinski definition) is 0. The van der Waals surface area contributed by atoms with E-state index in [0.717, 1.165) is 15.8 Å². The van der Waals surface area contributed by atoms with Gasteiger partial charge in [0.25, 0.3) is 15.9 Å². The molecule has 1 heterocycles. The van der Waals surface area contributed by atoms with E-state index in [0.29, 0.717) is 10.5 Å². The minimum absolute atomic E-state index is 0.0542. The number of benzene rings is 3. The molecule has 0 atom stereocenters. The lowest BCUT2D eigenvalue weighted by Crippen LogP contribution is -2.26. The van der Waals surface area contributed by atoms with Crippen LogP contribution in [0.3, 0.4) is 0 Å². The molecular weight excluding hydrogens is 486 g/mol. The van der Waals surface area contributed by atoms with Gasteiger partial charge in [-0.3, -0.25) is 13.9 Å². The van der Waals surface area contributed by atoms with Crippen molar-refractivity contribution in [3.8, 4) is 0 Å². The molecule has 0 saturated carbocycles. The lowest BCUT2D eigenvalue weighted by Gasteiger charge is -2.19. The second-order valence-electron chi connectivity index (χ2n) is 7.77. The van der Waals surface area contributed by atoms with Crippen molar-refractivity contribution in [2.45, 2.75) is 18.4 Å². The minimum Gasteiger partial charge on any atom is -0.468 e. The van der Waals surface area contributed by atoms with Crippen LogP contribution in [-0.2, 0) is 26.1 Å². The van der Waals surface area contributed by atoms with Crippen molar-refractivity contribution in [2.75, 3.05) is 18.5 Å². The van der Waals surface area contributed by atoms with Gasteiger partial charge in [-0.2, -0.15) is 4.99 Å². The van der Waals surface area contributed by atoms with Crippen LogP contribution in [0.25, 0.3) is 10.2 Å². The lowest BCUT2D eigenvalue weighted by atomic mass is 10.2. The summed E-state index contributed by atoms with van der Waals surface area (Å²) in [5.41, 5.74) is 2.56. The molecule has 0 bridgehead atoms. The third-order valence-electron chi connectivity index (χ3n) is 5.43. The van der Waals surface area contributed by atoms with Crippen LogP contribution in [0.5, 0.6) is 0 Å². The summed E-state index contributed by atoms with van der Waals surface area (Å²) in [5.74, 6) is -1.01. The first-order valence-corrected chi connectivity index (χ1v) is 12.9. The smallest absolute Gasteiger partial charge is 0.325 e. The number of thiazole rings is 1. The van der Waals surface area contributed by atoms with Gasteiger partial charge in [0.1, 0.15) is 6.54 Å². The Balaban J connectivity index is 1.67. The van der Waals surface area contributed by atoms with Gasteiger partial charge in [0.15, 0.2) is 4.80 Å². The van der Waals surface area contributed by atoms with E-state index >= 15 is 0 Å². The molecule has 4 rings (SSSR count). The number of fused-ring (bicyclic) bond motifs is 1. The van der Waals surface area contributed by atoms with E-state index in [1.807, 2.05) is 25.1 Å². The van der Waals surface area contributed by atoms with Crippen LogP contribution >= 0.6 is 11.3 Å². The number of aromatic nitrogens is 1. The summed E-state index contributed by atoms with van der Waals surface area (Å²) in [6.45, 7) is 1.87. The molecule has 0 aliphatic heterocycles. The zero-order valence-electron chi connectivity index (χ0n) is 19.3. The predicted octanol–water partition coefficient (Wildman–Crippen LogP) is 3.75. The zero-order chi connectivity index (χ0) is 25.2. The van der Waals surface area contributed by atoms with Crippen molar-refractivity contribution < 1.29 is 22.7 Å². The Labute approximate surface area is 206 Å². The van der Waals surface area contributed by atoms with E-state index in [9.17, 15) is 18.0 Å². The first-order valence-electron chi connectivity index (χ1n) is 10.6. The fourth-order valence-corrected chi connectivity index (χ4v) is 5.79. The van der Waals surface area contributed by atoms with E-state index in [1.165, 1.54) is 54.1 Å². The topological polar surface area (TPSA) is 98.0 Å². The van der Waals surface area contributed by atoms with Crippen molar-refractivity contribution in [2.24, 2.45) is 4.99 Å². The van der Waals surface area contributed by atoms with Crippen molar-refractivity contribution in [1.82, 2.24) is 4.57 Å². The van der Waals surface area contributed by atoms with E-state index in [-0.39, 0.29) is 17.0 Å². The number of rotatable bonds is 6. The Morgan fingerprint density at radius 2 is 1.71 bits per heavy atom. The molecule has 0 fully saturated rings. The molecule has 0 aliphatic rings. The van der Waals surface area contributed by atoms with Crippen LogP contribution in [0.4, 0.5) is 5.69 Å². The second-order valence-corrected chi connectivity index (χ2v) is 10.7. The van der Waals surface area contributed by atoms with Crippen LogP contribution in [0.2, 0.25) is 0 Å². The standard InChI is InChI=1S/C25H23N3O5S2/c1-17-9-14-21-22(15-17)34-25(28(21)16-23(29)33-3)26-24(30)18-10-12-20(13-11-18)35(31,32)27(2)19-7-5-4-6-8-19/h4-15H,16H2,1-3H3. The van der Waals surface area contributed by atoms with Gasteiger partial charge in [-0.25, -0.2) is 8.42 Å². The second kappa shape index (κ2) is 9.85. The molecule has 0 spiro atoms. The summed E-state index contributed by atoms with van der Waals surface area (Å²) in [6, 6.07) is 20.1. The van der Waals surface area contributed by atoms with Crippen molar-refractivity contribution in [1.29, 1.82) is 0 Å². The number of nitrogens with zero attached hydrogens (tertiary/aromatic N) is 3. The Morgan fingerprint density at radius 3 is 2.37 bits per heavy atom. The largest absolute Gasteiger partial charge is 0.468 e. The number of hydrogen-bond acceptors (Lipinski definition) is 6. The summed E-state index contributed by atoms with van der Waals surface area (Å²) in [7, 11) is -1.03. The number of ether oxygens (including phenoxy) is 1. The number of methoxy groups -OCH3 is 1. The molecule has 0 saturated heterocycles. The summed E-state index contributed by atoms with van der Waals surface area (Å²) >= 11 is 1.29. The number of amides is 1. The van der Waals surface area contributed by atoms with Crippen LogP contribution in [0.15, 0.2) is 82.7 Å². The third kappa shape index (κ3) is 5.03. The van der Waals surface area contributed by atoms with E-state index in [4.69, 9.17) is 4.74 Å². The predicted molar refractivity (Wildman–Crippen MR) is 135 cm³/mol. The highest BCUT2D eigenvalue weighted by atomic mass is 32.2. The quantitative estimate of drug-likeness (QED) is 0.369. The van der Waals surface area contributed by atoms with Gasteiger partial charge in [-0.15, -0.1) is 0 Å². The number of esters is 1. The average Bonchev–Trinajstić information content (AvgIpc) is 3.19. The Bertz CT molecular complexity index is 1570.